The Hall–Kier alpha value is -1.81. The number of hydrogen-bond donors (Lipinski definition) is 4. The van der Waals surface area contributed by atoms with E-state index in [-0.39, 0.29) is 12.4 Å². The van der Waals surface area contributed by atoms with Crippen molar-refractivity contribution in [3.63, 3.8) is 0 Å². The van der Waals surface area contributed by atoms with E-state index in [4.69, 9.17) is 17.0 Å². The zero-order chi connectivity index (χ0) is 18.1. The third-order valence-corrected chi connectivity index (χ3v) is 4.16. The molecule has 0 spiro atoms. The molecule has 0 bridgehead atoms. The number of hydrogen-bond acceptors (Lipinski definition) is 7. The first-order valence-corrected chi connectivity index (χ1v) is 8.68. The number of aliphatic hydroxyl groups excluding tert-OH is 1. The number of hydrazone groups is 1. The third-order valence-electron chi connectivity index (χ3n) is 3.93. The Kier molecular flexibility index (Phi) is 7.99. The highest BCUT2D eigenvalue weighted by atomic mass is 32.1. The van der Waals surface area contributed by atoms with Gasteiger partial charge in [0.15, 0.2) is 5.11 Å². The molecular weight excluding hydrogens is 342 g/mol. The zero-order valence-electron chi connectivity index (χ0n) is 14.4. The van der Waals surface area contributed by atoms with Gasteiger partial charge in [0.1, 0.15) is 5.75 Å². The van der Waals surface area contributed by atoms with Crippen LogP contribution in [0.4, 0.5) is 0 Å². The van der Waals surface area contributed by atoms with Gasteiger partial charge in [-0.15, -0.1) is 0 Å². The molecule has 25 heavy (non-hydrogen) atoms. The Bertz CT molecular complexity index is 606. The van der Waals surface area contributed by atoms with Gasteiger partial charge in [-0.3, -0.25) is 15.3 Å². The summed E-state index contributed by atoms with van der Waals surface area (Å²) in [6.07, 6.45) is 3.92. The van der Waals surface area contributed by atoms with Crippen molar-refractivity contribution in [2.75, 3.05) is 39.4 Å². The Morgan fingerprint density at radius 2 is 2.24 bits per heavy atom. The number of rotatable bonds is 7. The van der Waals surface area contributed by atoms with Crippen molar-refractivity contribution in [2.24, 2.45) is 5.10 Å². The maximum absolute atomic E-state index is 10.0. The number of aromatic hydroxyl groups is 1. The summed E-state index contributed by atoms with van der Waals surface area (Å²) < 4.78 is 5.32. The summed E-state index contributed by atoms with van der Waals surface area (Å²) in [5.74, 6) is 0.00138. The van der Waals surface area contributed by atoms with Gasteiger partial charge in [0.2, 0.25) is 0 Å². The zero-order valence-corrected chi connectivity index (χ0v) is 15.2. The van der Waals surface area contributed by atoms with Crippen molar-refractivity contribution in [1.82, 2.24) is 20.6 Å². The second kappa shape index (κ2) is 10.2. The number of aryl methyl sites for hydroxylation is 1. The Labute approximate surface area is 152 Å². The fourth-order valence-electron chi connectivity index (χ4n) is 2.45. The van der Waals surface area contributed by atoms with E-state index in [1.54, 1.807) is 6.92 Å². The number of nitrogens with one attached hydrogen (secondary N) is 2. The van der Waals surface area contributed by atoms with E-state index in [9.17, 15) is 10.2 Å². The molecule has 138 valence electrons. The summed E-state index contributed by atoms with van der Waals surface area (Å²) in [7, 11) is 0. The van der Waals surface area contributed by atoms with Crippen molar-refractivity contribution in [3.05, 3.63) is 23.0 Å². The third kappa shape index (κ3) is 6.20. The predicted molar refractivity (Wildman–Crippen MR) is 99.8 cm³/mol. The molecular formula is C16H25N5O3S. The summed E-state index contributed by atoms with van der Waals surface area (Å²) in [4.78, 5) is 6.37. The lowest BCUT2D eigenvalue weighted by atomic mass is 10.1. The Morgan fingerprint density at radius 1 is 1.48 bits per heavy atom. The van der Waals surface area contributed by atoms with Crippen molar-refractivity contribution >= 4 is 23.5 Å². The van der Waals surface area contributed by atoms with Crippen LogP contribution in [0.1, 0.15) is 23.2 Å². The van der Waals surface area contributed by atoms with Gasteiger partial charge in [-0.1, -0.05) is 0 Å². The highest BCUT2D eigenvalue weighted by Gasteiger charge is 2.10. The number of aliphatic hydroxyl groups is 1. The predicted octanol–water partition coefficient (Wildman–Crippen LogP) is 0.108. The van der Waals surface area contributed by atoms with Crippen LogP contribution in [0.15, 0.2) is 11.3 Å². The minimum Gasteiger partial charge on any atom is -0.505 e. The van der Waals surface area contributed by atoms with Crippen molar-refractivity contribution in [1.29, 1.82) is 0 Å². The van der Waals surface area contributed by atoms with E-state index < -0.39 is 0 Å². The van der Waals surface area contributed by atoms with Gasteiger partial charge in [0.25, 0.3) is 0 Å². The number of nitrogens with zero attached hydrogens (tertiary/aromatic N) is 3. The molecule has 0 amide bonds. The monoisotopic (exact) mass is 367 g/mol. The summed E-state index contributed by atoms with van der Waals surface area (Å²) in [6, 6.07) is 0. The molecule has 1 aliphatic rings. The van der Waals surface area contributed by atoms with Gasteiger partial charge >= 0.3 is 0 Å². The highest BCUT2D eigenvalue weighted by molar-refractivity contribution is 7.80. The van der Waals surface area contributed by atoms with E-state index in [1.807, 2.05) is 0 Å². The highest BCUT2D eigenvalue weighted by Crippen LogP contribution is 2.21. The topological polar surface area (TPSA) is 102 Å². The molecule has 1 aromatic heterocycles. The maximum Gasteiger partial charge on any atom is 0.186 e. The second-order valence-corrected chi connectivity index (χ2v) is 6.13. The van der Waals surface area contributed by atoms with Gasteiger partial charge in [-0.2, -0.15) is 5.10 Å². The first-order valence-electron chi connectivity index (χ1n) is 8.27. The number of thiocarbonyl (C=S) groups is 1. The van der Waals surface area contributed by atoms with Crippen LogP contribution < -0.4 is 10.7 Å². The molecule has 8 nitrogen and oxygen atoms in total. The molecule has 0 aliphatic carbocycles. The van der Waals surface area contributed by atoms with E-state index in [2.05, 4.69) is 25.7 Å². The molecule has 1 aliphatic heterocycles. The molecule has 1 saturated heterocycles. The summed E-state index contributed by atoms with van der Waals surface area (Å²) in [5, 5.41) is 26.8. The quantitative estimate of drug-likeness (QED) is 0.233. The average Bonchev–Trinajstić information content (AvgIpc) is 2.63. The van der Waals surface area contributed by atoms with Crippen LogP contribution >= 0.6 is 12.2 Å². The van der Waals surface area contributed by atoms with E-state index in [0.29, 0.717) is 21.9 Å². The van der Waals surface area contributed by atoms with Crippen molar-refractivity contribution in [2.45, 2.75) is 20.0 Å². The largest absolute Gasteiger partial charge is 0.505 e. The Morgan fingerprint density at radius 3 is 2.96 bits per heavy atom. The number of pyridine rings is 1. The van der Waals surface area contributed by atoms with Crippen molar-refractivity contribution in [3.8, 4) is 5.75 Å². The van der Waals surface area contributed by atoms with Gasteiger partial charge in [0.05, 0.1) is 31.7 Å². The van der Waals surface area contributed by atoms with Crippen LogP contribution in [0.3, 0.4) is 0 Å². The van der Waals surface area contributed by atoms with Crippen LogP contribution in [0.25, 0.3) is 0 Å². The normalized spacial score (nSPS) is 15.4. The minimum absolute atomic E-state index is 0.00138. The summed E-state index contributed by atoms with van der Waals surface area (Å²) in [6.45, 7) is 6.78. The first-order chi connectivity index (χ1) is 12.1. The number of aromatic nitrogens is 1. The van der Waals surface area contributed by atoms with Gasteiger partial charge in [-0.25, -0.2) is 0 Å². The average molecular weight is 367 g/mol. The van der Waals surface area contributed by atoms with E-state index in [0.717, 1.165) is 45.8 Å². The molecule has 0 unspecified atom stereocenters. The summed E-state index contributed by atoms with van der Waals surface area (Å²) >= 11 is 5.17. The second-order valence-electron chi connectivity index (χ2n) is 5.72. The fourth-order valence-corrected chi connectivity index (χ4v) is 2.60. The lowest BCUT2D eigenvalue weighted by molar-refractivity contribution is 0.0376. The van der Waals surface area contributed by atoms with Crippen LogP contribution in [0.5, 0.6) is 5.75 Å². The van der Waals surface area contributed by atoms with Gasteiger partial charge < -0.3 is 20.3 Å². The van der Waals surface area contributed by atoms with Crippen LogP contribution in [0, 0.1) is 6.92 Å². The molecule has 1 aromatic rings. The molecule has 2 rings (SSSR count). The maximum atomic E-state index is 10.0. The molecule has 2 heterocycles. The lowest BCUT2D eigenvalue weighted by Crippen LogP contribution is -2.39. The van der Waals surface area contributed by atoms with Gasteiger partial charge in [0, 0.05) is 37.0 Å². The fraction of sp³-hybridized carbons (Fsp3) is 0.562. The molecule has 0 radical (unpaired) electrons. The molecule has 9 heteroatoms. The number of ether oxygens (including phenoxy) is 1. The molecule has 0 aromatic carbocycles. The molecule has 0 saturated carbocycles. The van der Waals surface area contributed by atoms with Gasteiger partial charge in [-0.05, 0) is 32.1 Å². The molecule has 0 atom stereocenters. The SMILES string of the molecule is Cc1ncc(CO)c(/C=N/NC(=S)NCCCN2CCOCC2)c1O. The van der Waals surface area contributed by atoms with Crippen molar-refractivity contribution < 1.29 is 14.9 Å². The molecule has 4 N–H and O–H groups in total. The van der Waals surface area contributed by atoms with E-state index in [1.165, 1.54) is 12.4 Å². The Balaban J connectivity index is 1.72. The van der Waals surface area contributed by atoms with Crippen LogP contribution in [0.2, 0.25) is 0 Å². The lowest BCUT2D eigenvalue weighted by Gasteiger charge is -2.26. The first kappa shape index (κ1) is 19.5. The van der Waals surface area contributed by atoms with E-state index >= 15 is 0 Å². The minimum atomic E-state index is -0.230. The summed E-state index contributed by atoms with van der Waals surface area (Å²) in [5.41, 5.74) is 4.11. The standard InChI is InChI=1S/C16H25N5O3S/c1-12-15(23)14(13(11-22)9-18-12)10-19-20-16(25)17-3-2-4-21-5-7-24-8-6-21/h9-10,22-23H,2-8,11H2,1H3,(H2,17,20,25)/b19-10+. The van der Waals surface area contributed by atoms with Crippen LogP contribution in [-0.4, -0.2) is 70.8 Å². The smallest absolute Gasteiger partial charge is 0.186 e. The number of morpholine rings is 1. The molecule has 1 fully saturated rings. The van der Waals surface area contributed by atoms with Crippen LogP contribution in [-0.2, 0) is 11.3 Å².